The molecule has 0 saturated carbocycles. The first-order chi connectivity index (χ1) is 7.75. The van der Waals surface area contributed by atoms with Crippen LogP contribution in [0.4, 0.5) is 0 Å². The van der Waals surface area contributed by atoms with Crippen LogP contribution in [0.15, 0.2) is 28.2 Å². The van der Waals surface area contributed by atoms with Crippen LogP contribution in [0, 0.1) is 0 Å². The Morgan fingerprint density at radius 3 is 2.94 bits per heavy atom. The molecule has 5 heteroatoms. The van der Waals surface area contributed by atoms with E-state index < -0.39 is 0 Å². The van der Waals surface area contributed by atoms with Crippen molar-refractivity contribution in [2.45, 2.75) is 13.0 Å². The van der Waals surface area contributed by atoms with E-state index in [1.54, 1.807) is 11.3 Å². The van der Waals surface area contributed by atoms with Crippen LogP contribution in [-0.4, -0.2) is 16.3 Å². The summed E-state index contributed by atoms with van der Waals surface area (Å²) in [6, 6.07) is 6.29. The Bertz CT molecular complexity index is 450. The van der Waals surface area contributed by atoms with Crippen LogP contribution < -0.4 is 5.32 Å². The predicted molar refractivity (Wildman–Crippen MR) is 70.6 cm³/mol. The molecule has 0 aliphatic heterocycles. The molecule has 0 atom stereocenters. The van der Waals surface area contributed by atoms with E-state index in [0.29, 0.717) is 0 Å². The van der Waals surface area contributed by atoms with Gasteiger partial charge in [0.15, 0.2) is 0 Å². The van der Waals surface area contributed by atoms with Crippen LogP contribution in [0.5, 0.6) is 0 Å². The highest BCUT2D eigenvalue weighted by atomic mass is 79.9. The lowest BCUT2D eigenvalue weighted by molar-refractivity contribution is 0.646. The van der Waals surface area contributed by atoms with Crippen LogP contribution in [0.3, 0.4) is 0 Å². The SMILES string of the molecule is Cn1nccc1CCNCc1ccc(Br)s1. The zero-order chi connectivity index (χ0) is 11.4. The number of nitrogens with one attached hydrogen (secondary N) is 1. The molecule has 86 valence electrons. The molecule has 1 N–H and O–H groups in total. The van der Waals surface area contributed by atoms with E-state index in [9.17, 15) is 0 Å². The van der Waals surface area contributed by atoms with Gasteiger partial charge < -0.3 is 5.32 Å². The molecule has 2 aromatic rings. The predicted octanol–water partition coefficient (Wildman–Crippen LogP) is 2.58. The first-order valence-corrected chi connectivity index (χ1v) is 6.78. The quantitative estimate of drug-likeness (QED) is 0.860. The Morgan fingerprint density at radius 1 is 1.44 bits per heavy atom. The van der Waals surface area contributed by atoms with Gasteiger partial charge in [-0.2, -0.15) is 5.10 Å². The molecule has 0 aliphatic rings. The van der Waals surface area contributed by atoms with Crippen LogP contribution in [0.2, 0.25) is 0 Å². The Morgan fingerprint density at radius 2 is 2.31 bits per heavy atom. The normalized spacial score (nSPS) is 10.9. The summed E-state index contributed by atoms with van der Waals surface area (Å²) < 4.78 is 3.11. The summed E-state index contributed by atoms with van der Waals surface area (Å²) >= 11 is 5.24. The third-order valence-electron chi connectivity index (χ3n) is 2.41. The van der Waals surface area contributed by atoms with E-state index in [4.69, 9.17) is 0 Å². The van der Waals surface area contributed by atoms with E-state index in [0.717, 1.165) is 19.5 Å². The number of rotatable bonds is 5. The molecule has 2 heterocycles. The van der Waals surface area contributed by atoms with E-state index in [2.05, 4.69) is 44.5 Å². The lowest BCUT2D eigenvalue weighted by Crippen LogP contribution is -2.17. The second-order valence-corrected chi connectivity index (χ2v) is 6.13. The van der Waals surface area contributed by atoms with Gasteiger partial charge in [-0.25, -0.2) is 0 Å². The fraction of sp³-hybridized carbons (Fsp3) is 0.364. The molecule has 0 spiro atoms. The monoisotopic (exact) mass is 299 g/mol. The third kappa shape index (κ3) is 3.17. The zero-order valence-electron chi connectivity index (χ0n) is 9.11. The number of thiophene rings is 1. The van der Waals surface area contributed by atoms with Crippen molar-refractivity contribution in [1.82, 2.24) is 15.1 Å². The summed E-state index contributed by atoms with van der Waals surface area (Å²) in [7, 11) is 1.98. The Kier molecular flexibility index (Phi) is 4.15. The number of halogens is 1. The van der Waals surface area contributed by atoms with Crippen LogP contribution in [0.1, 0.15) is 10.6 Å². The van der Waals surface area contributed by atoms with Crippen molar-refractivity contribution in [3.05, 3.63) is 38.8 Å². The first kappa shape index (κ1) is 11.8. The van der Waals surface area contributed by atoms with Gasteiger partial charge in [-0.05, 0) is 34.1 Å². The second kappa shape index (κ2) is 5.61. The van der Waals surface area contributed by atoms with Gasteiger partial charge in [0.2, 0.25) is 0 Å². The van der Waals surface area contributed by atoms with Crippen molar-refractivity contribution in [3.8, 4) is 0 Å². The van der Waals surface area contributed by atoms with E-state index in [-0.39, 0.29) is 0 Å². The van der Waals surface area contributed by atoms with Gasteiger partial charge in [0.25, 0.3) is 0 Å². The largest absolute Gasteiger partial charge is 0.311 e. The molecule has 0 saturated heterocycles. The molecule has 2 aromatic heterocycles. The molecule has 0 aromatic carbocycles. The minimum Gasteiger partial charge on any atom is -0.311 e. The van der Waals surface area contributed by atoms with Crippen molar-refractivity contribution >= 4 is 27.3 Å². The molecule has 3 nitrogen and oxygen atoms in total. The van der Waals surface area contributed by atoms with E-state index in [1.165, 1.54) is 14.4 Å². The minimum atomic E-state index is 0.939. The summed E-state index contributed by atoms with van der Waals surface area (Å²) in [4.78, 5) is 1.36. The highest BCUT2D eigenvalue weighted by Crippen LogP contribution is 2.21. The summed E-state index contributed by atoms with van der Waals surface area (Å²) in [6.07, 6.45) is 2.86. The van der Waals surface area contributed by atoms with Gasteiger partial charge in [-0.1, -0.05) is 0 Å². The Hall–Kier alpha value is -0.650. The third-order valence-corrected chi connectivity index (χ3v) is 4.03. The number of hydrogen-bond acceptors (Lipinski definition) is 3. The van der Waals surface area contributed by atoms with Crippen LogP contribution in [-0.2, 0) is 20.0 Å². The summed E-state index contributed by atoms with van der Waals surface area (Å²) in [6.45, 7) is 1.92. The average molecular weight is 300 g/mol. The number of hydrogen-bond donors (Lipinski definition) is 1. The molecule has 0 bridgehead atoms. The fourth-order valence-electron chi connectivity index (χ4n) is 1.52. The van der Waals surface area contributed by atoms with E-state index >= 15 is 0 Å². The Balaban J connectivity index is 1.71. The first-order valence-electron chi connectivity index (χ1n) is 5.17. The number of aryl methyl sites for hydroxylation is 1. The summed E-state index contributed by atoms with van der Waals surface area (Å²) in [5.41, 5.74) is 1.26. The topological polar surface area (TPSA) is 29.9 Å². The fourth-order valence-corrected chi connectivity index (χ4v) is 2.97. The maximum atomic E-state index is 4.14. The van der Waals surface area contributed by atoms with Crippen molar-refractivity contribution in [2.24, 2.45) is 7.05 Å². The lowest BCUT2D eigenvalue weighted by atomic mass is 10.3. The molecule has 16 heavy (non-hydrogen) atoms. The van der Waals surface area contributed by atoms with Crippen LogP contribution in [0.25, 0.3) is 0 Å². The molecule has 0 radical (unpaired) electrons. The van der Waals surface area contributed by atoms with Gasteiger partial charge in [-0.3, -0.25) is 4.68 Å². The highest BCUT2D eigenvalue weighted by molar-refractivity contribution is 9.11. The maximum absolute atomic E-state index is 4.14. The molecule has 0 amide bonds. The van der Waals surface area contributed by atoms with E-state index in [1.807, 2.05) is 17.9 Å². The molecular formula is C11H14BrN3S. The number of aromatic nitrogens is 2. The van der Waals surface area contributed by atoms with Gasteiger partial charge in [0.05, 0.1) is 3.79 Å². The summed E-state index contributed by atoms with van der Waals surface area (Å²) in [5.74, 6) is 0. The second-order valence-electron chi connectivity index (χ2n) is 3.58. The van der Waals surface area contributed by atoms with Gasteiger partial charge in [0, 0.05) is 43.3 Å². The van der Waals surface area contributed by atoms with Crippen molar-refractivity contribution in [3.63, 3.8) is 0 Å². The number of nitrogens with zero attached hydrogens (tertiary/aromatic N) is 2. The average Bonchev–Trinajstić information content (AvgIpc) is 2.83. The molecule has 0 unspecified atom stereocenters. The lowest BCUT2D eigenvalue weighted by Gasteiger charge is -2.03. The molecular weight excluding hydrogens is 286 g/mol. The van der Waals surface area contributed by atoms with Gasteiger partial charge in [-0.15, -0.1) is 11.3 Å². The summed E-state index contributed by atoms with van der Waals surface area (Å²) in [5, 5.41) is 7.57. The maximum Gasteiger partial charge on any atom is 0.0701 e. The standard InChI is InChI=1S/C11H14BrN3S/c1-15-9(5-7-14-15)4-6-13-8-10-2-3-11(12)16-10/h2-3,5,7,13H,4,6,8H2,1H3. The van der Waals surface area contributed by atoms with Crippen molar-refractivity contribution in [2.75, 3.05) is 6.54 Å². The zero-order valence-corrected chi connectivity index (χ0v) is 11.5. The molecule has 0 fully saturated rings. The van der Waals surface area contributed by atoms with Gasteiger partial charge >= 0.3 is 0 Å². The molecule has 0 aliphatic carbocycles. The highest BCUT2D eigenvalue weighted by Gasteiger charge is 1.99. The smallest absolute Gasteiger partial charge is 0.0701 e. The van der Waals surface area contributed by atoms with Crippen LogP contribution >= 0.6 is 27.3 Å². The van der Waals surface area contributed by atoms with Crippen molar-refractivity contribution < 1.29 is 0 Å². The van der Waals surface area contributed by atoms with Crippen molar-refractivity contribution in [1.29, 1.82) is 0 Å². The minimum absolute atomic E-state index is 0.939. The molecule has 2 rings (SSSR count). The Labute approximate surface area is 108 Å². The van der Waals surface area contributed by atoms with Gasteiger partial charge in [0.1, 0.15) is 0 Å².